The van der Waals surface area contributed by atoms with Crippen molar-refractivity contribution in [2.45, 2.75) is 25.7 Å². The molecule has 2 amide bonds. The molecule has 1 aromatic rings. The van der Waals surface area contributed by atoms with E-state index < -0.39 is 0 Å². The first-order chi connectivity index (χ1) is 10.2. The van der Waals surface area contributed by atoms with Crippen molar-refractivity contribution in [3.63, 3.8) is 0 Å². The van der Waals surface area contributed by atoms with Gasteiger partial charge in [-0.05, 0) is 25.0 Å². The minimum absolute atomic E-state index is 0.0478. The normalized spacial score (nSPS) is 21.5. The second-order valence-corrected chi connectivity index (χ2v) is 5.48. The summed E-state index contributed by atoms with van der Waals surface area (Å²) in [5.74, 6) is -0.959. The number of amides is 2. The fourth-order valence-electron chi connectivity index (χ4n) is 2.86. The van der Waals surface area contributed by atoms with Crippen molar-refractivity contribution in [2.24, 2.45) is 17.6 Å². The van der Waals surface area contributed by atoms with Gasteiger partial charge in [0.05, 0.1) is 0 Å². The van der Waals surface area contributed by atoms with Crippen LogP contribution in [-0.4, -0.2) is 24.9 Å². The number of benzene rings is 1. The maximum atomic E-state index is 12.2. The Hall–Kier alpha value is -2.04. The van der Waals surface area contributed by atoms with Crippen LogP contribution in [0.1, 0.15) is 25.7 Å². The first-order valence-corrected chi connectivity index (χ1v) is 7.54. The molecule has 2 rings (SSSR count). The standard InChI is InChI=1S/C16H23N3O2/c17-15(20)13-8-4-5-9-14(13)16(21)19-11-10-18-12-6-2-1-3-7-12/h1-3,6-7,13-14,18H,4-5,8-11H2,(H2,17,20)(H,19,21)/t13-,14+/m0/s1. The van der Waals surface area contributed by atoms with Gasteiger partial charge in [-0.25, -0.2) is 0 Å². The van der Waals surface area contributed by atoms with E-state index in [1.807, 2.05) is 30.3 Å². The van der Waals surface area contributed by atoms with E-state index in [9.17, 15) is 9.59 Å². The summed E-state index contributed by atoms with van der Waals surface area (Å²) < 4.78 is 0. The summed E-state index contributed by atoms with van der Waals surface area (Å²) in [7, 11) is 0. The molecule has 1 saturated carbocycles. The van der Waals surface area contributed by atoms with Crippen LogP contribution in [0.4, 0.5) is 5.69 Å². The molecule has 0 spiro atoms. The molecule has 5 nitrogen and oxygen atoms in total. The molecule has 21 heavy (non-hydrogen) atoms. The molecule has 114 valence electrons. The van der Waals surface area contributed by atoms with Gasteiger partial charge in [0.2, 0.25) is 11.8 Å². The van der Waals surface area contributed by atoms with Gasteiger partial charge in [0.1, 0.15) is 0 Å². The Morgan fingerprint density at radius 2 is 1.71 bits per heavy atom. The first-order valence-electron chi connectivity index (χ1n) is 7.54. The SMILES string of the molecule is NC(=O)[C@H]1CCCC[C@H]1C(=O)NCCNc1ccccc1. The Morgan fingerprint density at radius 3 is 2.38 bits per heavy atom. The average molecular weight is 289 g/mol. The third-order valence-corrected chi connectivity index (χ3v) is 4.00. The van der Waals surface area contributed by atoms with Crippen molar-refractivity contribution >= 4 is 17.5 Å². The Balaban J connectivity index is 1.74. The van der Waals surface area contributed by atoms with E-state index in [-0.39, 0.29) is 23.7 Å². The molecule has 0 unspecified atom stereocenters. The highest BCUT2D eigenvalue weighted by Gasteiger charge is 2.34. The van der Waals surface area contributed by atoms with E-state index in [2.05, 4.69) is 10.6 Å². The van der Waals surface area contributed by atoms with Crippen LogP contribution in [0.2, 0.25) is 0 Å². The minimum Gasteiger partial charge on any atom is -0.383 e. The fraction of sp³-hybridized carbons (Fsp3) is 0.500. The molecule has 0 aromatic heterocycles. The van der Waals surface area contributed by atoms with Gasteiger partial charge < -0.3 is 16.4 Å². The van der Waals surface area contributed by atoms with E-state index in [0.717, 1.165) is 31.4 Å². The van der Waals surface area contributed by atoms with Gasteiger partial charge in [-0.15, -0.1) is 0 Å². The topological polar surface area (TPSA) is 84.2 Å². The van der Waals surface area contributed by atoms with E-state index in [1.54, 1.807) is 0 Å². The minimum atomic E-state index is -0.350. The lowest BCUT2D eigenvalue weighted by atomic mass is 9.78. The van der Waals surface area contributed by atoms with Crippen LogP contribution in [0.5, 0.6) is 0 Å². The molecule has 1 aliphatic rings. The molecule has 0 heterocycles. The summed E-state index contributed by atoms with van der Waals surface area (Å²) >= 11 is 0. The van der Waals surface area contributed by atoms with Gasteiger partial charge in [-0.3, -0.25) is 9.59 Å². The third kappa shape index (κ3) is 4.48. The summed E-state index contributed by atoms with van der Waals surface area (Å²) in [6.45, 7) is 1.19. The van der Waals surface area contributed by atoms with Gasteiger partial charge in [0, 0.05) is 30.6 Å². The van der Waals surface area contributed by atoms with E-state index in [4.69, 9.17) is 5.73 Å². The van der Waals surface area contributed by atoms with E-state index >= 15 is 0 Å². The smallest absolute Gasteiger partial charge is 0.223 e. The summed E-state index contributed by atoms with van der Waals surface area (Å²) in [6.07, 6.45) is 3.46. The Kier molecular flexibility index (Phi) is 5.60. The van der Waals surface area contributed by atoms with Gasteiger partial charge in [-0.1, -0.05) is 31.0 Å². The van der Waals surface area contributed by atoms with Crippen LogP contribution in [0, 0.1) is 11.8 Å². The highest BCUT2D eigenvalue weighted by Crippen LogP contribution is 2.29. The third-order valence-electron chi connectivity index (χ3n) is 4.00. The Morgan fingerprint density at radius 1 is 1.05 bits per heavy atom. The molecule has 0 aliphatic heterocycles. The van der Waals surface area contributed by atoms with Crippen LogP contribution in [0.3, 0.4) is 0 Å². The van der Waals surface area contributed by atoms with Gasteiger partial charge in [-0.2, -0.15) is 0 Å². The van der Waals surface area contributed by atoms with Crippen molar-refractivity contribution < 1.29 is 9.59 Å². The number of rotatable bonds is 6. The summed E-state index contributed by atoms with van der Waals surface area (Å²) in [5, 5.41) is 6.13. The lowest BCUT2D eigenvalue weighted by Crippen LogP contribution is -2.43. The zero-order chi connectivity index (χ0) is 15.1. The summed E-state index contributed by atoms with van der Waals surface area (Å²) in [6, 6.07) is 9.83. The second kappa shape index (κ2) is 7.67. The van der Waals surface area contributed by atoms with Gasteiger partial charge in [0.25, 0.3) is 0 Å². The molecule has 0 saturated heterocycles. The zero-order valence-corrected chi connectivity index (χ0v) is 12.2. The largest absolute Gasteiger partial charge is 0.383 e. The highest BCUT2D eigenvalue weighted by atomic mass is 16.2. The number of para-hydroxylation sites is 1. The lowest BCUT2D eigenvalue weighted by molar-refractivity contribution is -0.134. The first kappa shape index (κ1) is 15.4. The lowest BCUT2D eigenvalue weighted by Gasteiger charge is -2.28. The predicted octanol–water partition coefficient (Wildman–Crippen LogP) is 1.51. The van der Waals surface area contributed by atoms with Crippen molar-refractivity contribution in [3.05, 3.63) is 30.3 Å². The molecule has 1 fully saturated rings. The zero-order valence-electron chi connectivity index (χ0n) is 12.2. The Bertz CT molecular complexity index is 476. The van der Waals surface area contributed by atoms with Crippen LogP contribution in [0.25, 0.3) is 0 Å². The van der Waals surface area contributed by atoms with Crippen LogP contribution in [-0.2, 0) is 9.59 Å². The number of nitrogens with one attached hydrogen (secondary N) is 2. The van der Waals surface area contributed by atoms with Crippen LogP contribution in [0.15, 0.2) is 30.3 Å². The van der Waals surface area contributed by atoms with Gasteiger partial charge in [0.15, 0.2) is 0 Å². The van der Waals surface area contributed by atoms with Crippen LogP contribution < -0.4 is 16.4 Å². The highest BCUT2D eigenvalue weighted by molar-refractivity contribution is 5.87. The molecule has 1 aliphatic carbocycles. The van der Waals surface area contributed by atoms with E-state index in [0.29, 0.717) is 13.1 Å². The number of hydrogen-bond acceptors (Lipinski definition) is 3. The van der Waals surface area contributed by atoms with Gasteiger partial charge >= 0.3 is 0 Å². The summed E-state index contributed by atoms with van der Waals surface area (Å²) in [4.78, 5) is 23.6. The number of primary amides is 1. The quantitative estimate of drug-likeness (QED) is 0.694. The number of anilines is 1. The van der Waals surface area contributed by atoms with Crippen molar-refractivity contribution in [1.29, 1.82) is 0 Å². The molecule has 0 radical (unpaired) electrons. The van der Waals surface area contributed by atoms with Crippen molar-refractivity contribution in [1.82, 2.24) is 5.32 Å². The molecule has 0 bridgehead atoms. The maximum Gasteiger partial charge on any atom is 0.223 e. The van der Waals surface area contributed by atoms with Crippen molar-refractivity contribution in [2.75, 3.05) is 18.4 Å². The number of hydrogen-bond donors (Lipinski definition) is 3. The maximum absolute atomic E-state index is 12.2. The molecule has 1 aromatic carbocycles. The molecule has 2 atom stereocenters. The molecular weight excluding hydrogens is 266 g/mol. The summed E-state index contributed by atoms with van der Waals surface area (Å²) in [5.41, 5.74) is 6.42. The molecular formula is C16H23N3O2. The Labute approximate surface area is 125 Å². The number of nitrogens with two attached hydrogens (primary N) is 1. The predicted molar refractivity (Wildman–Crippen MR) is 82.6 cm³/mol. The van der Waals surface area contributed by atoms with Crippen LogP contribution >= 0.6 is 0 Å². The van der Waals surface area contributed by atoms with E-state index in [1.165, 1.54) is 0 Å². The fourth-order valence-corrected chi connectivity index (χ4v) is 2.86. The number of carbonyl (C=O) groups excluding carboxylic acids is 2. The monoisotopic (exact) mass is 289 g/mol. The molecule has 5 heteroatoms. The molecule has 4 N–H and O–H groups in total. The number of carbonyl (C=O) groups is 2. The second-order valence-electron chi connectivity index (χ2n) is 5.48. The van der Waals surface area contributed by atoms with Crippen molar-refractivity contribution in [3.8, 4) is 0 Å². The average Bonchev–Trinajstić information content (AvgIpc) is 2.52.